The molecule has 2 aromatic rings. The van der Waals surface area contributed by atoms with Crippen LogP contribution in [-0.4, -0.2) is 14.5 Å². The highest BCUT2D eigenvalue weighted by atomic mass is 32.1. The normalized spacial score (nSPS) is 11.2. The first-order valence-electron chi connectivity index (χ1n) is 5.37. The van der Waals surface area contributed by atoms with Crippen LogP contribution in [0.3, 0.4) is 0 Å². The summed E-state index contributed by atoms with van der Waals surface area (Å²) >= 11 is 1.67. The molecule has 0 saturated carbocycles. The van der Waals surface area contributed by atoms with Gasteiger partial charge in [-0.2, -0.15) is 0 Å². The van der Waals surface area contributed by atoms with E-state index in [2.05, 4.69) is 33.7 Å². The zero-order valence-electron chi connectivity index (χ0n) is 9.55. The summed E-state index contributed by atoms with van der Waals surface area (Å²) < 4.78 is 2.18. The summed E-state index contributed by atoms with van der Waals surface area (Å²) in [4.78, 5) is 8.40. The van der Waals surface area contributed by atoms with Gasteiger partial charge >= 0.3 is 0 Å². The van der Waals surface area contributed by atoms with Gasteiger partial charge in [0.25, 0.3) is 0 Å². The van der Waals surface area contributed by atoms with Crippen LogP contribution in [0, 0.1) is 0 Å². The molecule has 5 heteroatoms. The quantitative estimate of drug-likeness (QED) is 0.865. The SMILES string of the molecule is CC(C)n1cncc1CNCc1nccs1. The third-order valence-corrected chi connectivity index (χ3v) is 3.15. The molecule has 0 aliphatic rings. The number of nitrogens with zero attached hydrogens (tertiary/aromatic N) is 3. The van der Waals surface area contributed by atoms with Gasteiger partial charge in [0, 0.05) is 36.9 Å². The molecule has 0 spiro atoms. The van der Waals surface area contributed by atoms with Crippen LogP contribution < -0.4 is 5.32 Å². The van der Waals surface area contributed by atoms with Crippen LogP contribution in [0.15, 0.2) is 24.1 Å². The summed E-state index contributed by atoms with van der Waals surface area (Å²) in [5, 5.41) is 6.49. The van der Waals surface area contributed by atoms with Crippen molar-refractivity contribution in [1.82, 2.24) is 19.9 Å². The maximum atomic E-state index is 4.23. The second-order valence-corrected chi connectivity index (χ2v) is 4.89. The Morgan fingerprint density at radius 2 is 2.31 bits per heavy atom. The first-order valence-corrected chi connectivity index (χ1v) is 6.25. The molecule has 0 aliphatic carbocycles. The van der Waals surface area contributed by atoms with Gasteiger partial charge in [-0.3, -0.25) is 0 Å². The second-order valence-electron chi connectivity index (χ2n) is 3.92. The molecule has 0 aliphatic heterocycles. The Morgan fingerprint density at radius 1 is 1.44 bits per heavy atom. The van der Waals surface area contributed by atoms with Crippen LogP contribution in [0.25, 0.3) is 0 Å². The second kappa shape index (κ2) is 5.23. The highest BCUT2D eigenvalue weighted by molar-refractivity contribution is 7.09. The van der Waals surface area contributed by atoms with E-state index in [0.29, 0.717) is 6.04 Å². The zero-order chi connectivity index (χ0) is 11.4. The number of rotatable bonds is 5. The van der Waals surface area contributed by atoms with Crippen LogP contribution in [0.2, 0.25) is 0 Å². The van der Waals surface area contributed by atoms with Gasteiger partial charge in [0.05, 0.1) is 12.0 Å². The standard InChI is InChI=1S/C11H16N4S/c1-9(2)15-8-13-6-10(15)5-12-7-11-14-3-4-16-11/h3-4,6,8-9,12H,5,7H2,1-2H3. The van der Waals surface area contributed by atoms with Crippen molar-refractivity contribution in [2.24, 2.45) is 0 Å². The summed E-state index contributed by atoms with van der Waals surface area (Å²) in [5.41, 5.74) is 1.21. The zero-order valence-corrected chi connectivity index (χ0v) is 10.4. The summed E-state index contributed by atoms with van der Waals surface area (Å²) in [5.74, 6) is 0. The summed E-state index contributed by atoms with van der Waals surface area (Å²) in [6, 6.07) is 0.458. The van der Waals surface area contributed by atoms with Crippen LogP contribution in [0.5, 0.6) is 0 Å². The molecule has 0 saturated heterocycles. The van der Waals surface area contributed by atoms with E-state index in [0.717, 1.165) is 18.1 Å². The minimum Gasteiger partial charge on any atom is -0.331 e. The lowest BCUT2D eigenvalue weighted by Crippen LogP contribution is -2.16. The van der Waals surface area contributed by atoms with Crippen LogP contribution in [0.1, 0.15) is 30.6 Å². The van der Waals surface area contributed by atoms with Crippen molar-refractivity contribution in [3.63, 3.8) is 0 Å². The molecule has 0 atom stereocenters. The van der Waals surface area contributed by atoms with Crippen molar-refractivity contribution in [3.8, 4) is 0 Å². The minimum atomic E-state index is 0.458. The smallest absolute Gasteiger partial charge is 0.106 e. The predicted molar refractivity (Wildman–Crippen MR) is 65.3 cm³/mol. The van der Waals surface area contributed by atoms with E-state index in [4.69, 9.17) is 0 Å². The van der Waals surface area contributed by atoms with E-state index >= 15 is 0 Å². The minimum absolute atomic E-state index is 0.458. The van der Waals surface area contributed by atoms with Crippen molar-refractivity contribution >= 4 is 11.3 Å². The predicted octanol–water partition coefficient (Wildman–Crippen LogP) is 2.21. The number of thiazole rings is 1. The Hall–Kier alpha value is -1.20. The number of hydrogen-bond acceptors (Lipinski definition) is 4. The number of nitrogens with one attached hydrogen (secondary N) is 1. The van der Waals surface area contributed by atoms with Crippen molar-refractivity contribution in [2.75, 3.05) is 0 Å². The first kappa shape index (κ1) is 11.3. The van der Waals surface area contributed by atoms with Crippen molar-refractivity contribution in [1.29, 1.82) is 0 Å². The van der Waals surface area contributed by atoms with Gasteiger partial charge in [-0.25, -0.2) is 9.97 Å². The monoisotopic (exact) mass is 236 g/mol. The lowest BCUT2D eigenvalue weighted by Gasteiger charge is -2.11. The Bertz CT molecular complexity index is 419. The average Bonchev–Trinajstić information content (AvgIpc) is 2.87. The molecule has 0 unspecified atom stereocenters. The molecule has 0 amide bonds. The molecule has 2 aromatic heterocycles. The van der Waals surface area contributed by atoms with E-state index in [-0.39, 0.29) is 0 Å². The average molecular weight is 236 g/mol. The maximum Gasteiger partial charge on any atom is 0.106 e. The Labute approximate surface area is 99.4 Å². The fourth-order valence-electron chi connectivity index (χ4n) is 1.57. The summed E-state index contributed by atoms with van der Waals surface area (Å²) in [6.45, 7) is 5.97. The fraction of sp³-hybridized carbons (Fsp3) is 0.455. The van der Waals surface area contributed by atoms with Gasteiger partial charge in [0.2, 0.25) is 0 Å². The molecule has 4 nitrogen and oxygen atoms in total. The van der Waals surface area contributed by atoms with E-state index in [9.17, 15) is 0 Å². The highest BCUT2D eigenvalue weighted by Crippen LogP contribution is 2.09. The van der Waals surface area contributed by atoms with Gasteiger partial charge in [-0.15, -0.1) is 11.3 Å². The Morgan fingerprint density at radius 3 is 3.00 bits per heavy atom. The van der Waals surface area contributed by atoms with Gasteiger partial charge in [-0.1, -0.05) is 0 Å². The summed E-state index contributed by atoms with van der Waals surface area (Å²) in [7, 11) is 0. The Kier molecular flexibility index (Phi) is 3.69. The van der Waals surface area contributed by atoms with Crippen molar-refractivity contribution in [3.05, 3.63) is 34.8 Å². The van der Waals surface area contributed by atoms with Crippen LogP contribution in [0.4, 0.5) is 0 Å². The molecule has 0 bridgehead atoms. The van der Waals surface area contributed by atoms with Crippen molar-refractivity contribution < 1.29 is 0 Å². The largest absolute Gasteiger partial charge is 0.331 e. The molecule has 2 rings (SSSR count). The third kappa shape index (κ3) is 2.68. The molecule has 0 radical (unpaired) electrons. The van der Waals surface area contributed by atoms with Gasteiger partial charge in [0.1, 0.15) is 5.01 Å². The maximum absolute atomic E-state index is 4.23. The number of aromatic nitrogens is 3. The van der Waals surface area contributed by atoms with Crippen molar-refractivity contribution in [2.45, 2.75) is 33.0 Å². The fourth-order valence-corrected chi connectivity index (χ4v) is 2.16. The van der Waals surface area contributed by atoms with Gasteiger partial charge in [-0.05, 0) is 13.8 Å². The van der Waals surface area contributed by atoms with E-state index in [1.807, 2.05) is 24.1 Å². The molecule has 2 heterocycles. The molecular formula is C11H16N4S. The highest BCUT2D eigenvalue weighted by Gasteiger charge is 2.04. The van der Waals surface area contributed by atoms with Crippen LogP contribution >= 0.6 is 11.3 Å². The molecule has 86 valence electrons. The van der Waals surface area contributed by atoms with E-state index in [1.54, 1.807) is 11.3 Å². The summed E-state index contributed by atoms with van der Waals surface area (Å²) in [6.07, 6.45) is 5.62. The lowest BCUT2D eigenvalue weighted by atomic mass is 10.3. The van der Waals surface area contributed by atoms with Gasteiger partial charge < -0.3 is 9.88 Å². The molecule has 16 heavy (non-hydrogen) atoms. The van der Waals surface area contributed by atoms with Gasteiger partial charge in [0.15, 0.2) is 0 Å². The molecule has 0 fully saturated rings. The lowest BCUT2D eigenvalue weighted by molar-refractivity contribution is 0.550. The van der Waals surface area contributed by atoms with E-state index < -0.39 is 0 Å². The number of hydrogen-bond donors (Lipinski definition) is 1. The number of imidazole rings is 1. The first-order chi connectivity index (χ1) is 7.77. The van der Waals surface area contributed by atoms with E-state index in [1.165, 1.54) is 5.69 Å². The Balaban J connectivity index is 1.87. The molecular weight excluding hydrogens is 220 g/mol. The molecule has 1 N–H and O–H groups in total. The van der Waals surface area contributed by atoms with Crippen LogP contribution in [-0.2, 0) is 13.1 Å². The topological polar surface area (TPSA) is 42.7 Å². The molecule has 0 aromatic carbocycles. The third-order valence-electron chi connectivity index (χ3n) is 2.37.